The van der Waals surface area contributed by atoms with Crippen molar-refractivity contribution in [1.82, 2.24) is 15.5 Å². The Morgan fingerprint density at radius 1 is 1.36 bits per heavy atom. The Hall–Kier alpha value is -0.830. The number of fused-ring (bicyclic) bond motifs is 1. The van der Waals surface area contributed by atoms with Crippen molar-refractivity contribution in [2.75, 3.05) is 0 Å². The van der Waals surface area contributed by atoms with E-state index in [1.54, 1.807) is 0 Å². The second kappa shape index (κ2) is 3.09. The van der Waals surface area contributed by atoms with E-state index in [1.807, 2.05) is 0 Å². The average molecular weight is 191 g/mol. The van der Waals surface area contributed by atoms with Crippen molar-refractivity contribution in [2.24, 2.45) is 0 Å². The Labute approximate surface area is 84.3 Å². The van der Waals surface area contributed by atoms with Gasteiger partial charge in [0.1, 0.15) is 0 Å². The van der Waals surface area contributed by atoms with E-state index >= 15 is 0 Å². The third kappa shape index (κ3) is 1.36. The minimum absolute atomic E-state index is 0.574. The third-order valence-electron chi connectivity index (χ3n) is 3.34. The molecule has 1 aromatic rings. The first-order valence-corrected chi connectivity index (χ1v) is 5.64. The molecular weight excluding hydrogens is 174 g/mol. The molecule has 1 heterocycles. The van der Waals surface area contributed by atoms with E-state index in [0.29, 0.717) is 6.04 Å². The number of aromatic amines is 1. The van der Waals surface area contributed by atoms with E-state index < -0.39 is 0 Å². The second-order valence-electron chi connectivity index (χ2n) is 4.59. The van der Waals surface area contributed by atoms with E-state index in [4.69, 9.17) is 0 Å². The van der Waals surface area contributed by atoms with Crippen LogP contribution in [0.1, 0.15) is 48.7 Å². The fraction of sp³-hybridized carbons (Fsp3) is 0.727. The number of nitrogens with zero attached hydrogens (tertiary/aromatic N) is 1. The van der Waals surface area contributed by atoms with E-state index in [9.17, 15) is 0 Å². The summed E-state index contributed by atoms with van der Waals surface area (Å²) < 4.78 is 0. The Kier molecular flexibility index (Phi) is 1.87. The second-order valence-corrected chi connectivity index (χ2v) is 4.59. The van der Waals surface area contributed by atoms with Crippen LogP contribution in [0, 0.1) is 6.92 Å². The number of aryl methyl sites for hydroxylation is 2. The van der Waals surface area contributed by atoms with Gasteiger partial charge in [0.2, 0.25) is 0 Å². The van der Waals surface area contributed by atoms with E-state index in [-0.39, 0.29) is 0 Å². The van der Waals surface area contributed by atoms with Crippen LogP contribution in [-0.2, 0) is 6.42 Å². The zero-order chi connectivity index (χ0) is 9.54. The fourth-order valence-electron chi connectivity index (χ4n) is 2.46. The molecule has 0 aliphatic heterocycles. The number of hydrogen-bond acceptors (Lipinski definition) is 2. The van der Waals surface area contributed by atoms with Crippen LogP contribution in [-0.4, -0.2) is 16.2 Å². The predicted octanol–water partition coefficient (Wildman–Crippen LogP) is 1.85. The Morgan fingerprint density at radius 2 is 2.21 bits per heavy atom. The van der Waals surface area contributed by atoms with Gasteiger partial charge in [0.05, 0.1) is 5.69 Å². The first kappa shape index (κ1) is 8.48. The predicted molar refractivity (Wildman–Crippen MR) is 55.2 cm³/mol. The Bertz CT molecular complexity index is 338. The fourth-order valence-corrected chi connectivity index (χ4v) is 2.46. The molecule has 0 bridgehead atoms. The first-order chi connectivity index (χ1) is 6.84. The summed E-state index contributed by atoms with van der Waals surface area (Å²) in [6, 6.07) is 1.37. The summed E-state index contributed by atoms with van der Waals surface area (Å²) in [5, 5.41) is 11.2. The quantitative estimate of drug-likeness (QED) is 0.749. The summed E-state index contributed by atoms with van der Waals surface area (Å²) in [6.45, 7) is 2.14. The van der Waals surface area contributed by atoms with Gasteiger partial charge in [-0.15, -0.1) is 0 Å². The van der Waals surface area contributed by atoms with Gasteiger partial charge in [-0.05, 0) is 39.0 Å². The van der Waals surface area contributed by atoms with Crippen molar-refractivity contribution in [3.05, 3.63) is 17.0 Å². The van der Waals surface area contributed by atoms with Gasteiger partial charge in [0, 0.05) is 23.3 Å². The SMILES string of the molecule is Cc1[nH]nc2c1C(NC1CC1)CCC2. The molecule has 3 heteroatoms. The van der Waals surface area contributed by atoms with Crippen LogP contribution in [0.15, 0.2) is 0 Å². The van der Waals surface area contributed by atoms with Gasteiger partial charge < -0.3 is 5.32 Å². The van der Waals surface area contributed by atoms with Crippen LogP contribution in [0.5, 0.6) is 0 Å². The third-order valence-corrected chi connectivity index (χ3v) is 3.34. The molecule has 3 nitrogen and oxygen atoms in total. The largest absolute Gasteiger partial charge is 0.307 e. The summed E-state index contributed by atoms with van der Waals surface area (Å²) in [5.41, 5.74) is 4.02. The summed E-state index contributed by atoms with van der Waals surface area (Å²) >= 11 is 0. The highest BCUT2D eigenvalue weighted by Gasteiger charge is 2.30. The minimum atomic E-state index is 0.574. The van der Waals surface area contributed by atoms with Crippen LogP contribution in [0.4, 0.5) is 0 Å². The highest BCUT2D eigenvalue weighted by atomic mass is 15.1. The first-order valence-electron chi connectivity index (χ1n) is 5.64. The standard InChI is InChI=1S/C11H17N3/c1-7-11-9(12-8-5-6-8)3-2-4-10(11)14-13-7/h8-9,12H,2-6H2,1H3,(H,13,14). The lowest BCUT2D eigenvalue weighted by Gasteiger charge is -2.23. The van der Waals surface area contributed by atoms with Crippen LogP contribution in [0.2, 0.25) is 0 Å². The van der Waals surface area contributed by atoms with Gasteiger partial charge in [-0.1, -0.05) is 0 Å². The maximum atomic E-state index is 4.37. The maximum Gasteiger partial charge on any atom is 0.0672 e. The van der Waals surface area contributed by atoms with Crippen molar-refractivity contribution < 1.29 is 0 Å². The maximum absolute atomic E-state index is 4.37. The molecule has 0 spiro atoms. The molecule has 14 heavy (non-hydrogen) atoms. The Morgan fingerprint density at radius 3 is 3.00 bits per heavy atom. The van der Waals surface area contributed by atoms with E-state index in [1.165, 1.54) is 42.6 Å². The van der Waals surface area contributed by atoms with Crippen LogP contribution in [0.25, 0.3) is 0 Å². The molecule has 0 amide bonds. The Balaban J connectivity index is 1.88. The molecule has 2 aliphatic carbocycles. The van der Waals surface area contributed by atoms with Crippen LogP contribution in [0.3, 0.4) is 0 Å². The smallest absolute Gasteiger partial charge is 0.0672 e. The molecule has 1 unspecified atom stereocenters. The molecule has 0 aromatic carbocycles. The van der Waals surface area contributed by atoms with Gasteiger partial charge in [-0.25, -0.2) is 0 Å². The summed E-state index contributed by atoms with van der Waals surface area (Å²) in [4.78, 5) is 0. The van der Waals surface area contributed by atoms with Crippen LogP contribution >= 0.6 is 0 Å². The number of aromatic nitrogens is 2. The number of H-pyrrole nitrogens is 1. The topological polar surface area (TPSA) is 40.7 Å². The lowest BCUT2D eigenvalue weighted by molar-refractivity contribution is 0.454. The average Bonchev–Trinajstić information content (AvgIpc) is 2.91. The monoisotopic (exact) mass is 191 g/mol. The molecule has 2 N–H and O–H groups in total. The summed E-state index contributed by atoms with van der Waals surface area (Å²) in [5.74, 6) is 0. The zero-order valence-corrected chi connectivity index (χ0v) is 8.64. The molecule has 76 valence electrons. The van der Waals surface area contributed by atoms with Gasteiger partial charge >= 0.3 is 0 Å². The van der Waals surface area contributed by atoms with Crippen molar-refractivity contribution >= 4 is 0 Å². The highest BCUT2D eigenvalue weighted by molar-refractivity contribution is 5.30. The normalized spacial score (nSPS) is 26.2. The molecule has 1 fully saturated rings. The number of nitrogens with one attached hydrogen (secondary N) is 2. The van der Waals surface area contributed by atoms with Crippen LogP contribution < -0.4 is 5.32 Å². The summed E-state index contributed by atoms with van der Waals surface area (Å²) in [7, 11) is 0. The molecule has 0 radical (unpaired) electrons. The lowest BCUT2D eigenvalue weighted by atomic mass is 9.91. The van der Waals surface area contributed by atoms with Crippen molar-refractivity contribution in [3.63, 3.8) is 0 Å². The molecule has 3 rings (SSSR count). The molecule has 1 saturated carbocycles. The van der Waals surface area contributed by atoms with E-state index in [0.717, 1.165) is 12.5 Å². The highest BCUT2D eigenvalue weighted by Crippen LogP contribution is 2.33. The molecule has 0 saturated heterocycles. The minimum Gasteiger partial charge on any atom is -0.307 e. The number of rotatable bonds is 2. The van der Waals surface area contributed by atoms with Crippen molar-refractivity contribution in [3.8, 4) is 0 Å². The van der Waals surface area contributed by atoms with Gasteiger partial charge in [-0.3, -0.25) is 5.10 Å². The molecule has 2 aliphatic rings. The molecule has 1 atom stereocenters. The van der Waals surface area contributed by atoms with Crippen molar-refractivity contribution in [2.45, 2.75) is 51.1 Å². The van der Waals surface area contributed by atoms with Gasteiger partial charge in [0.25, 0.3) is 0 Å². The molecular formula is C11H17N3. The van der Waals surface area contributed by atoms with Gasteiger partial charge in [0.15, 0.2) is 0 Å². The van der Waals surface area contributed by atoms with Crippen molar-refractivity contribution in [1.29, 1.82) is 0 Å². The number of hydrogen-bond donors (Lipinski definition) is 2. The zero-order valence-electron chi connectivity index (χ0n) is 8.64. The summed E-state index contributed by atoms with van der Waals surface area (Å²) in [6.07, 6.45) is 6.44. The lowest BCUT2D eigenvalue weighted by Crippen LogP contribution is -2.26. The van der Waals surface area contributed by atoms with E-state index in [2.05, 4.69) is 22.4 Å². The molecule has 1 aromatic heterocycles. The van der Waals surface area contributed by atoms with Gasteiger partial charge in [-0.2, -0.15) is 5.10 Å².